The standard InChI is InChI=1S/C19H30/c1-14-11-16(14)12-15-7-9-17(10-8-15)19(5,6)13-18(2,3)4/h7-10,14,16H,11-13H2,1-6H3. The van der Waals surface area contributed by atoms with E-state index in [1.807, 2.05) is 0 Å². The first-order valence-corrected chi connectivity index (χ1v) is 7.77. The lowest BCUT2D eigenvalue weighted by atomic mass is 9.72. The monoisotopic (exact) mass is 258 g/mol. The maximum Gasteiger partial charge on any atom is -0.00986 e. The summed E-state index contributed by atoms with van der Waals surface area (Å²) in [5, 5.41) is 0. The van der Waals surface area contributed by atoms with Gasteiger partial charge in [0, 0.05) is 0 Å². The molecule has 0 amide bonds. The molecule has 1 aromatic rings. The quantitative estimate of drug-likeness (QED) is 0.659. The average Bonchev–Trinajstić information content (AvgIpc) is 2.91. The largest absolute Gasteiger partial charge is 0.0622 e. The van der Waals surface area contributed by atoms with E-state index in [2.05, 4.69) is 65.8 Å². The minimum atomic E-state index is 0.268. The Morgan fingerprint density at radius 2 is 1.53 bits per heavy atom. The van der Waals surface area contributed by atoms with Gasteiger partial charge < -0.3 is 0 Å². The molecule has 106 valence electrons. The molecule has 1 aliphatic carbocycles. The minimum absolute atomic E-state index is 0.268. The van der Waals surface area contributed by atoms with Gasteiger partial charge in [0.1, 0.15) is 0 Å². The zero-order chi connectivity index (χ0) is 14.3. The Morgan fingerprint density at radius 1 is 1.00 bits per heavy atom. The molecule has 0 nitrogen and oxygen atoms in total. The highest BCUT2D eigenvalue weighted by atomic mass is 14.4. The molecule has 1 aliphatic rings. The van der Waals surface area contributed by atoms with Gasteiger partial charge in [-0.15, -0.1) is 0 Å². The molecule has 0 aromatic heterocycles. The predicted molar refractivity (Wildman–Crippen MR) is 84.5 cm³/mol. The summed E-state index contributed by atoms with van der Waals surface area (Å²) in [7, 11) is 0. The maximum absolute atomic E-state index is 2.37. The second kappa shape index (κ2) is 4.96. The fourth-order valence-electron chi connectivity index (χ4n) is 3.51. The van der Waals surface area contributed by atoms with Crippen molar-refractivity contribution in [3.8, 4) is 0 Å². The lowest BCUT2D eigenvalue weighted by Crippen LogP contribution is -2.24. The Labute approximate surface area is 119 Å². The van der Waals surface area contributed by atoms with Crippen molar-refractivity contribution in [3.63, 3.8) is 0 Å². The normalized spacial score (nSPS) is 23.5. The lowest BCUT2D eigenvalue weighted by Gasteiger charge is -2.33. The van der Waals surface area contributed by atoms with Crippen molar-refractivity contribution in [2.75, 3.05) is 0 Å². The molecule has 2 unspecified atom stereocenters. The molecule has 0 heteroatoms. The molecule has 1 fully saturated rings. The smallest absolute Gasteiger partial charge is 0.00986 e. The van der Waals surface area contributed by atoms with E-state index in [1.54, 1.807) is 0 Å². The molecule has 2 rings (SSSR count). The Morgan fingerprint density at radius 3 is 1.95 bits per heavy atom. The summed E-state index contributed by atoms with van der Waals surface area (Å²) < 4.78 is 0. The molecular weight excluding hydrogens is 228 g/mol. The van der Waals surface area contributed by atoms with Gasteiger partial charge in [0.2, 0.25) is 0 Å². The van der Waals surface area contributed by atoms with Crippen LogP contribution in [0.1, 0.15) is 65.5 Å². The van der Waals surface area contributed by atoms with Crippen LogP contribution in [0, 0.1) is 17.3 Å². The Hall–Kier alpha value is -0.780. The van der Waals surface area contributed by atoms with Crippen LogP contribution in [0.3, 0.4) is 0 Å². The highest BCUT2D eigenvalue weighted by Crippen LogP contribution is 2.41. The van der Waals surface area contributed by atoms with E-state index in [-0.39, 0.29) is 5.41 Å². The molecule has 19 heavy (non-hydrogen) atoms. The highest BCUT2D eigenvalue weighted by molar-refractivity contribution is 5.29. The van der Waals surface area contributed by atoms with Gasteiger partial charge in [-0.3, -0.25) is 0 Å². The summed E-state index contributed by atoms with van der Waals surface area (Å²) in [5.74, 6) is 1.91. The van der Waals surface area contributed by atoms with Crippen LogP contribution < -0.4 is 0 Å². The molecule has 1 saturated carbocycles. The van der Waals surface area contributed by atoms with Crippen LogP contribution in [0.5, 0.6) is 0 Å². The zero-order valence-electron chi connectivity index (χ0n) is 13.6. The third kappa shape index (κ3) is 4.09. The predicted octanol–water partition coefficient (Wildman–Crippen LogP) is 5.60. The zero-order valence-corrected chi connectivity index (χ0v) is 13.6. The Bertz CT molecular complexity index is 416. The fourth-order valence-corrected chi connectivity index (χ4v) is 3.51. The molecule has 0 heterocycles. The molecular formula is C19H30. The summed E-state index contributed by atoms with van der Waals surface area (Å²) >= 11 is 0. The molecule has 0 aliphatic heterocycles. The second-order valence-corrected chi connectivity index (χ2v) is 8.50. The van der Waals surface area contributed by atoms with Crippen LogP contribution in [0.15, 0.2) is 24.3 Å². The minimum Gasteiger partial charge on any atom is -0.0622 e. The first kappa shape index (κ1) is 14.6. The SMILES string of the molecule is CC1CC1Cc1ccc(C(C)(C)CC(C)(C)C)cc1. The maximum atomic E-state index is 2.37. The van der Waals surface area contributed by atoms with E-state index in [0.29, 0.717) is 5.41 Å². The van der Waals surface area contributed by atoms with E-state index in [4.69, 9.17) is 0 Å². The van der Waals surface area contributed by atoms with Gasteiger partial charge in [0.05, 0.1) is 0 Å². The van der Waals surface area contributed by atoms with E-state index in [1.165, 1.54) is 30.4 Å². The summed E-state index contributed by atoms with van der Waals surface area (Å²) in [6.07, 6.45) is 3.93. The van der Waals surface area contributed by atoms with Crippen LogP contribution in [0.2, 0.25) is 0 Å². The second-order valence-electron chi connectivity index (χ2n) is 8.50. The number of hydrogen-bond donors (Lipinski definition) is 0. The fraction of sp³-hybridized carbons (Fsp3) is 0.684. The number of hydrogen-bond acceptors (Lipinski definition) is 0. The Balaban J connectivity index is 2.04. The number of benzene rings is 1. The topological polar surface area (TPSA) is 0 Å². The van der Waals surface area contributed by atoms with Gasteiger partial charge in [-0.25, -0.2) is 0 Å². The van der Waals surface area contributed by atoms with Gasteiger partial charge in [0.25, 0.3) is 0 Å². The summed E-state index contributed by atoms with van der Waals surface area (Å²) in [4.78, 5) is 0. The van der Waals surface area contributed by atoms with Gasteiger partial charge in [-0.05, 0) is 53.1 Å². The van der Waals surface area contributed by atoms with Crippen molar-refractivity contribution in [2.45, 2.75) is 66.2 Å². The molecule has 0 saturated heterocycles. The van der Waals surface area contributed by atoms with Crippen molar-refractivity contribution in [2.24, 2.45) is 17.3 Å². The molecule has 0 spiro atoms. The van der Waals surface area contributed by atoms with Crippen molar-refractivity contribution in [3.05, 3.63) is 35.4 Å². The van der Waals surface area contributed by atoms with E-state index >= 15 is 0 Å². The van der Waals surface area contributed by atoms with Gasteiger partial charge >= 0.3 is 0 Å². The van der Waals surface area contributed by atoms with E-state index < -0.39 is 0 Å². The third-order valence-electron chi connectivity index (χ3n) is 4.48. The summed E-state index contributed by atoms with van der Waals surface area (Å²) in [6.45, 7) is 14.1. The third-order valence-corrected chi connectivity index (χ3v) is 4.48. The summed E-state index contributed by atoms with van der Waals surface area (Å²) in [5.41, 5.74) is 3.65. The lowest BCUT2D eigenvalue weighted by molar-refractivity contribution is 0.284. The van der Waals surface area contributed by atoms with Crippen molar-refractivity contribution >= 4 is 0 Å². The number of rotatable bonds is 4. The average molecular weight is 258 g/mol. The van der Waals surface area contributed by atoms with Crippen molar-refractivity contribution < 1.29 is 0 Å². The molecule has 0 radical (unpaired) electrons. The van der Waals surface area contributed by atoms with Crippen LogP contribution in [-0.4, -0.2) is 0 Å². The first-order valence-electron chi connectivity index (χ1n) is 7.77. The highest BCUT2D eigenvalue weighted by Gasteiger charge is 2.32. The van der Waals surface area contributed by atoms with Gasteiger partial charge in [0.15, 0.2) is 0 Å². The van der Waals surface area contributed by atoms with Crippen molar-refractivity contribution in [1.82, 2.24) is 0 Å². The van der Waals surface area contributed by atoms with Crippen LogP contribution in [0.25, 0.3) is 0 Å². The van der Waals surface area contributed by atoms with E-state index in [0.717, 1.165) is 11.8 Å². The van der Waals surface area contributed by atoms with Crippen molar-refractivity contribution in [1.29, 1.82) is 0 Å². The molecule has 0 N–H and O–H groups in total. The van der Waals surface area contributed by atoms with Crippen LogP contribution >= 0.6 is 0 Å². The first-order chi connectivity index (χ1) is 8.67. The Kier molecular flexibility index (Phi) is 3.82. The van der Waals surface area contributed by atoms with Crippen LogP contribution in [-0.2, 0) is 11.8 Å². The molecule has 1 aromatic carbocycles. The summed E-state index contributed by atoms with van der Waals surface area (Å²) in [6, 6.07) is 9.41. The van der Waals surface area contributed by atoms with Gasteiger partial charge in [-0.1, -0.05) is 65.8 Å². The molecule has 0 bridgehead atoms. The van der Waals surface area contributed by atoms with Crippen LogP contribution in [0.4, 0.5) is 0 Å². The molecule has 2 atom stereocenters. The van der Waals surface area contributed by atoms with E-state index in [9.17, 15) is 0 Å². The van der Waals surface area contributed by atoms with Gasteiger partial charge in [-0.2, -0.15) is 0 Å².